The van der Waals surface area contributed by atoms with Gasteiger partial charge in [-0.2, -0.15) is 0 Å². The van der Waals surface area contributed by atoms with Crippen LogP contribution in [0.15, 0.2) is 84.9 Å². The van der Waals surface area contributed by atoms with Crippen molar-refractivity contribution in [3.8, 4) is 0 Å². The highest BCUT2D eigenvalue weighted by atomic mass is 16.2. The standard InChI is InChI=1S/C27H28N2O/c30-27(29-20-19-24-13-7-8-14-25(24)21-29)28-26-17-15-23(16-18-26)12-6-2-5-11-22-9-3-1-4-10-22/h1,3-4,6-10,12-18H,2,5,11,19-21H2,(H,28,30). The van der Waals surface area contributed by atoms with Gasteiger partial charge in [-0.25, -0.2) is 4.79 Å². The van der Waals surface area contributed by atoms with E-state index in [1.54, 1.807) is 0 Å². The Bertz CT molecular complexity index is 993. The van der Waals surface area contributed by atoms with E-state index in [4.69, 9.17) is 0 Å². The Hall–Kier alpha value is -3.33. The van der Waals surface area contributed by atoms with Gasteiger partial charge in [-0.15, -0.1) is 0 Å². The molecule has 1 aliphatic heterocycles. The predicted molar refractivity (Wildman–Crippen MR) is 124 cm³/mol. The van der Waals surface area contributed by atoms with Crippen molar-refractivity contribution in [2.45, 2.75) is 32.2 Å². The molecule has 0 fully saturated rings. The maximum absolute atomic E-state index is 12.6. The lowest BCUT2D eigenvalue weighted by Crippen LogP contribution is -2.38. The SMILES string of the molecule is O=C(Nc1ccc(C=CCCCc2ccccc2)cc1)N1CCc2ccccc2C1. The van der Waals surface area contributed by atoms with Crippen molar-refractivity contribution in [3.63, 3.8) is 0 Å². The molecular formula is C27H28N2O. The third-order valence-corrected chi connectivity index (χ3v) is 5.57. The van der Waals surface area contributed by atoms with Crippen LogP contribution in [0.3, 0.4) is 0 Å². The number of carbonyl (C=O) groups is 1. The second kappa shape index (κ2) is 9.93. The molecule has 0 aliphatic carbocycles. The van der Waals surface area contributed by atoms with E-state index in [0.717, 1.165) is 43.5 Å². The molecule has 3 aromatic rings. The van der Waals surface area contributed by atoms with Crippen LogP contribution in [0, 0.1) is 0 Å². The fourth-order valence-corrected chi connectivity index (χ4v) is 3.84. The lowest BCUT2D eigenvalue weighted by molar-refractivity contribution is 0.206. The molecule has 3 aromatic carbocycles. The number of hydrogen-bond acceptors (Lipinski definition) is 1. The van der Waals surface area contributed by atoms with Crippen molar-refractivity contribution < 1.29 is 4.79 Å². The highest BCUT2D eigenvalue weighted by Gasteiger charge is 2.20. The Morgan fingerprint density at radius 2 is 1.63 bits per heavy atom. The topological polar surface area (TPSA) is 32.3 Å². The lowest BCUT2D eigenvalue weighted by atomic mass is 10.0. The van der Waals surface area contributed by atoms with Crippen LogP contribution in [-0.2, 0) is 19.4 Å². The van der Waals surface area contributed by atoms with E-state index in [2.05, 4.69) is 78.1 Å². The minimum Gasteiger partial charge on any atom is -0.320 e. The second-order valence-corrected chi connectivity index (χ2v) is 7.77. The third-order valence-electron chi connectivity index (χ3n) is 5.57. The zero-order valence-corrected chi connectivity index (χ0v) is 17.3. The summed E-state index contributed by atoms with van der Waals surface area (Å²) in [7, 11) is 0. The zero-order chi connectivity index (χ0) is 20.6. The number of anilines is 1. The Morgan fingerprint density at radius 1 is 0.900 bits per heavy atom. The normalized spacial score (nSPS) is 13.3. The van der Waals surface area contributed by atoms with Crippen molar-refractivity contribution in [1.29, 1.82) is 0 Å². The zero-order valence-electron chi connectivity index (χ0n) is 17.3. The number of rotatable bonds is 6. The van der Waals surface area contributed by atoms with Gasteiger partial charge in [0.05, 0.1) is 0 Å². The number of unbranched alkanes of at least 4 members (excludes halogenated alkanes) is 1. The molecule has 152 valence electrons. The van der Waals surface area contributed by atoms with E-state index in [0.29, 0.717) is 6.54 Å². The Morgan fingerprint density at radius 3 is 2.43 bits per heavy atom. The van der Waals surface area contributed by atoms with Gasteiger partial charge in [-0.1, -0.05) is 78.9 Å². The molecule has 1 heterocycles. The average molecular weight is 397 g/mol. The number of aryl methyl sites for hydroxylation is 1. The second-order valence-electron chi connectivity index (χ2n) is 7.77. The van der Waals surface area contributed by atoms with Gasteiger partial charge in [0.1, 0.15) is 0 Å². The van der Waals surface area contributed by atoms with Gasteiger partial charge in [0.25, 0.3) is 0 Å². The number of hydrogen-bond donors (Lipinski definition) is 1. The molecule has 1 aliphatic rings. The molecule has 0 saturated carbocycles. The van der Waals surface area contributed by atoms with Gasteiger partial charge in [0, 0.05) is 18.8 Å². The first kappa shape index (κ1) is 20.0. The van der Waals surface area contributed by atoms with Crippen molar-refractivity contribution in [2.75, 3.05) is 11.9 Å². The predicted octanol–water partition coefficient (Wildman–Crippen LogP) is 6.31. The number of nitrogens with zero attached hydrogens (tertiary/aromatic N) is 1. The fraction of sp³-hybridized carbons (Fsp3) is 0.222. The quantitative estimate of drug-likeness (QED) is 0.486. The molecule has 0 radical (unpaired) electrons. The molecule has 1 N–H and O–H groups in total. The van der Waals surface area contributed by atoms with E-state index in [1.807, 2.05) is 23.1 Å². The summed E-state index contributed by atoms with van der Waals surface area (Å²) < 4.78 is 0. The van der Waals surface area contributed by atoms with Crippen LogP contribution in [0.2, 0.25) is 0 Å². The molecule has 0 unspecified atom stereocenters. The van der Waals surface area contributed by atoms with Crippen LogP contribution in [-0.4, -0.2) is 17.5 Å². The molecule has 0 aromatic heterocycles. The minimum absolute atomic E-state index is 0.0336. The lowest BCUT2D eigenvalue weighted by Gasteiger charge is -2.29. The number of benzene rings is 3. The number of nitrogens with one attached hydrogen (secondary N) is 1. The highest BCUT2D eigenvalue weighted by molar-refractivity contribution is 5.89. The Balaban J connectivity index is 1.24. The highest BCUT2D eigenvalue weighted by Crippen LogP contribution is 2.20. The van der Waals surface area contributed by atoms with Crippen molar-refractivity contribution in [3.05, 3.63) is 107 Å². The summed E-state index contributed by atoms with van der Waals surface area (Å²) in [6, 6.07) is 27.0. The number of allylic oxidation sites excluding steroid dienone is 1. The molecule has 2 amide bonds. The molecule has 0 bridgehead atoms. The molecule has 3 nitrogen and oxygen atoms in total. The van der Waals surface area contributed by atoms with Crippen molar-refractivity contribution in [2.24, 2.45) is 0 Å². The van der Waals surface area contributed by atoms with Gasteiger partial charge in [0.2, 0.25) is 0 Å². The first-order chi connectivity index (χ1) is 14.8. The summed E-state index contributed by atoms with van der Waals surface area (Å²) in [6.45, 7) is 1.43. The minimum atomic E-state index is -0.0336. The maximum atomic E-state index is 12.6. The summed E-state index contributed by atoms with van der Waals surface area (Å²) in [5, 5.41) is 3.03. The van der Waals surface area contributed by atoms with Gasteiger partial charge < -0.3 is 10.2 Å². The monoisotopic (exact) mass is 396 g/mol. The molecule has 0 atom stereocenters. The van der Waals surface area contributed by atoms with Crippen molar-refractivity contribution in [1.82, 2.24) is 4.90 Å². The fourth-order valence-electron chi connectivity index (χ4n) is 3.84. The van der Waals surface area contributed by atoms with E-state index in [1.165, 1.54) is 16.7 Å². The molecule has 30 heavy (non-hydrogen) atoms. The summed E-state index contributed by atoms with van der Waals surface area (Å²) >= 11 is 0. The Labute approximate surface area is 179 Å². The number of amides is 2. The number of fused-ring (bicyclic) bond motifs is 1. The van der Waals surface area contributed by atoms with Gasteiger partial charge >= 0.3 is 6.03 Å². The largest absolute Gasteiger partial charge is 0.322 e. The first-order valence-electron chi connectivity index (χ1n) is 10.7. The summed E-state index contributed by atoms with van der Waals surface area (Å²) in [6.07, 6.45) is 8.60. The van der Waals surface area contributed by atoms with Crippen LogP contribution in [0.25, 0.3) is 6.08 Å². The van der Waals surface area contributed by atoms with E-state index >= 15 is 0 Å². The van der Waals surface area contributed by atoms with E-state index in [9.17, 15) is 4.79 Å². The summed E-state index contributed by atoms with van der Waals surface area (Å²) in [5.74, 6) is 0. The van der Waals surface area contributed by atoms with Gasteiger partial charge in [-0.3, -0.25) is 0 Å². The third kappa shape index (κ3) is 5.38. The van der Waals surface area contributed by atoms with Gasteiger partial charge in [0.15, 0.2) is 0 Å². The number of carbonyl (C=O) groups excluding carboxylic acids is 1. The van der Waals surface area contributed by atoms with Crippen LogP contribution in [0.4, 0.5) is 10.5 Å². The number of urea groups is 1. The maximum Gasteiger partial charge on any atom is 0.322 e. The van der Waals surface area contributed by atoms with E-state index < -0.39 is 0 Å². The van der Waals surface area contributed by atoms with Crippen LogP contribution < -0.4 is 5.32 Å². The summed E-state index contributed by atoms with van der Waals surface area (Å²) in [4.78, 5) is 14.5. The van der Waals surface area contributed by atoms with E-state index in [-0.39, 0.29) is 6.03 Å². The molecular weight excluding hydrogens is 368 g/mol. The smallest absolute Gasteiger partial charge is 0.320 e. The Kier molecular flexibility index (Phi) is 6.61. The van der Waals surface area contributed by atoms with Crippen LogP contribution in [0.1, 0.15) is 35.1 Å². The first-order valence-corrected chi connectivity index (χ1v) is 10.7. The van der Waals surface area contributed by atoms with Crippen LogP contribution >= 0.6 is 0 Å². The van der Waals surface area contributed by atoms with Crippen molar-refractivity contribution >= 4 is 17.8 Å². The molecule has 3 heteroatoms. The van der Waals surface area contributed by atoms with Gasteiger partial charge in [-0.05, 0) is 60.1 Å². The summed E-state index contributed by atoms with van der Waals surface area (Å²) in [5.41, 5.74) is 5.97. The average Bonchev–Trinajstić information content (AvgIpc) is 2.80. The molecule has 0 spiro atoms. The van der Waals surface area contributed by atoms with Crippen LogP contribution in [0.5, 0.6) is 0 Å². The molecule has 4 rings (SSSR count). The molecule has 0 saturated heterocycles.